The van der Waals surface area contributed by atoms with Gasteiger partial charge in [0, 0.05) is 12.6 Å². The van der Waals surface area contributed by atoms with Crippen molar-refractivity contribution >= 4 is 5.91 Å². The second kappa shape index (κ2) is 10.4. The normalized spacial score (nSPS) is 19.8. The molecular weight excluding hydrogens is 427 g/mol. The summed E-state index contributed by atoms with van der Waals surface area (Å²) in [5.74, 6) is -11.2. The maximum Gasteiger partial charge on any atom is 0.257 e. The number of hydrogen-bond donors (Lipinski definition) is 1. The molecule has 3 nitrogen and oxygen atoms in total. The molecule has 1 fully saturated rings. The van der Waals surface area contributed by atoms with E-state index in [4.69, 9.17) is 0 Å². The molecule has 0 spiro atoms. The molecule has 1 unspecified atom stereocenters. The van der Waals surface area contributed by atoms with Gasteiger partial charge >= 0.3 is 0 Å². The van der Waals surface area contributed by atoms with E-state index in [0.29, 0.717) is 24.3 Å². The van der Waals surface area contributed by atoms with Gasteiger partial charge in [-0.1, -0.05) is 43.2 Å². The molecule has 1 aliphatic carbocycles. The van der Waals surface area contributed by atoms with Crippen LogP contribution < -0.4 is 5.32 Å². The average molecular weight is 454 g/mol. The highest BCUT2D eigenvalue weighted by molar-refractivity contribution is 5.94. The summed E-state index contributed by atoms with van der Waals surface area (Å²) in [6, 6.07) is 10.6. The van der Waals surface area contributed by atoms with Crippen molar-refractivity contribution in [1.82, 2.24) is 10.2 Å². The molecule has 8 heteroatoms. The lowest BCUT2D eigenvalue weighted by atomic mass is 9.75. The highest BCUT2D eigenvalue weighted by atomic mass is 19.2. The standard InChI is InChI=1S/C24H27F5N2O/c1-31(2)23(15-6-4-3-5-7-15)16-10-8-14(9-11-16)12-13-30-24(32)17-18(25)20(27)22(29)21(28)19(17)26/h3-7,14,16,23H,8-13H2,1-2H3,(H,30,32). The van der Waals surface area contributed by atoms with Gasteiger partial charge in [0.15, 0.2) is 23.3 Å². The van der Waals surface area contributed by atoms with E-state index in [1.54, 1.807) is 0 Å². The van der Waals surface area contributed by atoms with Crippen molar-refractivity contribution in [1.29, 1.82) is 0 Å². The minimum atomic E-state index is -2.28. The van der Waals surface area contributed by atoms with Gasteiger partial charge in [-0.2, -0.15) is 0 Å². The molecule has 32 heavy (non-hydrogen) atoms. The second-order valence-electron chi connectivity index (χ2n) is 8.59. The van der Waals surface area contributed by atoms with Crippen LogP contribution in [0.25, 0.3) is 0 Å². The maximum absolute atomic E-state index is 13.8. The highest BCUT2D eigenvalue weighted by Gasteiger charge is 2.31. The van der Waals surface area contributed by atoms with Crippen molar-refractivity contribution in [2.45, 2.75) is 38.1 Å². The SMILES string of the molecule is CN(C)C(c1ccccc1)C1CCC(CCNC(=O)c2c(F)c(F)c(F)c(F)c2F)CC1. The fraction of sp³-hybridized carbons (Fsp3) is 0.458. The van der Waals surface area contributed by atoms with Crippen LogP contribution in [0.2, 0.25) is 0 Å². The Bertz CT molecular complexity index is 914. The summed E-state index contributed by atoms with van der Waals surface area (Å²) >= 11 is 0. The van der Waals surface area contributed by atoms with E-state index in [-0.39, 0.29) is 6.54 Å². The molecule has 3 rings (SSSR count). The van der Waals surface area contributed by atoms with E-state index in [9.17, 15) is 26.7 Å². The molecule has 0 heterocycles. The van der Waals surface area contributed by atoms with Crippen molar-refractivity contribution in [3.63, 3.8) is 0 Å². The molecule has 2 aromatic rings. The molecule has 1 saturated carbocycles. The first-order valence-corrected chi connectivity index (χ1v) is 10.7. The van der Waals surface area contributed by atoms with Gasteiger partial charge in [0.25, 0.3) is 5.91 Å². The van der Waals surface area contributed by atoms with E-state index in [1.165, 1.54) is 5.56 Å². The van der Waals surface area contributed by atoms with Crippen LogP contribution in [-0.2, 0) is 0 Å². The molecule has 1 atom stereocenters. The number of amides is 1. The van der Waals surface area contributed by atoms with Crippen molar-refractivity contribution in [3.05, 3.63) is 70.5 Å². The zero-order chi connectivity index (χ0) is 23.4. The zero-order valence-electron chi connectivity index (χ0n) is 18.1. The maximum atomic E-state index is 13.8. The molecule has 0 radical (unpaired) electrons. The Kier molecular flexibility index (Phi) is 7.87. The molecule has 1 aliphatic rings. The van der Waals surface area contributed by atoms with Gasteiger partial charge in [0.05, 0.1) is 0 Å². The lowest BCUT2D eigenvalue weighted by molar-refractivity contribution is 0.0935. The molecule has 0 aromatic heterocycles. The number of carbonyl (C=O) groups excluding carboxylic acids is 1. The number of benzene rings is 2. The smallest absolute Gasteiger partial charge is 0.257 e. The zero-order valence-corrected chi connectivity index (χ0v) is 18.1. The Morgan fingerprint density at radius 3 is 1.97 bits per heavy atom. The van der Waals surface area contributed by atoms with Crippen LogP contribution in [0, 0.1) is 40.9 Å². The first-order valence-electron chi connectivity index (χ1n) is 10.7. The van der Waals surface area contributed by atoms with E-state index in [1.807, 2.05) is 18.2 Å². The molecule has 2 aromatic carbocycles. The summed E-state index contributed by atoms with van der Waals surface area (Å²) < 4.78 is 67.3. The fourth-order valence-electron chi connectivity index (χ4n) is 4.72. The van der Waals surface area contributed by atoms with E-state index in [2.05, 4.69) is 36.4 Å². The fourth-order valence-corrected chi connectivity index (χ4v) is 4.72. The highest BCUT2D eigenvalue weighted by Crippen LogP contribution is 2.40. The van der Waals surface area contributed by atoms with Gasteiger partial charge in [-0.3, -0.25) is 4.79 Å². The van der Waals surface area contributed by atoms with Gasteiger partial charge in [-0.25, -0.2) is 22.0 Å². The summed E-state index contributed by atoms with van der Waals surface area (Å²) in [5, 5.41) is 2.30. The summed E-state index contributed by atoms with van der Waals surface area (Å²) in [4.78, 5) is 14.3. The first-order chi connectivity index (χ1) is 15.2. The minimum Gasteiger partial charge on any atom is -0.352 e. The van der Waals surface area contributed by atoms with Gasteiger partial charge in [0.2, 0.25) is 5.82 Å². The van der Waals surface area contributed by atoms with Crippen molar-refractivity contribution in [3.8, 4) is 0 Å². The Balaban J connectivity index is 1.53. The average Bonchev–Trinajstić information content (AvgIpc) is 2.78. The molecule has 0 saturated heterocycles. The summed E-state index contributed by atoms with van der Waals surface area (Å²) in [7, 11) is 4.14. The lowest BCUT2D eigenvalue weighted by Crippen LogP contribution is -2.32. The van der Waals surface area contributed by atoms with Crippen molar-refractivity contribution < 1.29 is 26.7 Å². The monoisotopic (exact) mass is 454 g/mol. The van der Waals surface area contributed by atoms with Crippen LogP contribution in [0.5, 0.6) is 0 Å². The Morgan fingerprint density at radius 1 is 0.906 bits per heavy atom. The molecule has 1 amide bonds. The number of nitrogens with zero attached hydrogens (tertiary/aromatic N) is 1. The quantitative estimate of drug-likeness (QED) is 0.335. The van der Waals surface area contributed by atoms with Crippen LogP contribution in [0.15, 0.2) is 30.3 Å². The third-order valence-electron chi connectivity index (χ3n) is 6.31. The molecule has 1 N–H and O–H groups in total. The minimum absolute atomic E-state index is 0.101. The largest absolute Gasteiger partial charge is 0.352 e. The van der Waals surface area contributed by atoms with Crippen LogP contribution in [0.3, 0.4) is 0 Å². The number of hydrogen-bond acceptors (Lipinski definition) is 2. The number of rotatable bonds is 7. The summed E-state index contributed by atoms with van der Waals surface area (Å²) in [5.41, 5.74) is -0.169. The van der Waals surface area contributed by atoms with Crippen molar-refractivity contribution in [2.75, 3.05) is 20.6 Å². The first kappa shape index (κ1) is 24.2. The van der Waals surface area contributed by atoms with Crippen LogP contribution in [0.1, 0.15) is 54.1 Å². The summed E-state index contributed by atoms with van der Waals surface area (Å²) in [6.07, 6.45) is 4.48. The Morgan fingerprint density at radius 2 is 1.44 bits per heavy atom. The predicted molar refractivity (Wildman–Crippen MR) is 112 cm³/mol. The predicted octanol–water partition coefficient (Wildman–Crippen LogP) is 5.61. The van der Waals surface area contributed by atoms with E-state index in [0.717, 1.165) is 25.7 Å². The number of carbonyl (C=O) groups is 1. The van der Waals surface area contributed by atoms with E-state index < -0.39 is 40.6 Å². The molecule has 0 bridgehead atoms. The van der Waals surface area contributed by atoms with Crippen molar-refractivity contribution in [2.24, 2.45) is 11.8 Å². The van der Waals surface area contributed by atoms with Gasteiger partial charge in [-0.05, 0) is 50.8 Å². The lowest BCUT2D eigenvalue weighted by Gasteiger charge is -2.37. The van der Waals surface area contributed by atoms with Gasteiger partial charge in [-0.15, -0.1) is 0 Å². The third-order valence-corrected chi connectivity index (χ3v) is 6.31. The number of nitrogens with one attached hydrogen (secondary N) is 1. The van der Waals surface area contributed by atoms with Gasteiger partial charge in [0.1, 0.15) is 5.56 Å². The Labute approximate surface area is 184 Å². The molecule has 174 valence electrons. The van der Waals surface area contributed by atoms with Gasteiger partial charge < -0.3 is 10.2 Å². The second-order valence-corrected chi connectivity index (χ2v) is 8.59. The Hall–Kier alpha value is -2.48. The van der Waals surface area contributed by atoms with Crippen LogP contribution >= 0.6 is 0 Å². The summed E-state index contributed by atoms with van der Waals surface area (Å²) in [6.45, 7) is 0.101. The molecular formula is C24H27F5N2O. The number of halogens is 5. The van der Waals surface area contributed by atoms with E-state index >= 15 is 0 Å². The topological polar surface area (TPSA) is 32.3 Å². The molecule has 0 aliphatic heterocycles. The van der Waals surface area contributed by atoms with Crippen LogP contribution in [-0.4, -0.2) is 31.4 Å². The third kappa shape index (κ3) is 5.11. The van der Waals surface area contributed by atoms with Crippen LogP contribution in [0.4, 0.5) is 22.0 Å².